The molecule has 33 heavy (non-hydrogen) atoms. The van der Waals surface area contributed by atoms with Gasteiger partial charge in [0, 0.05) is 31.7 Å². The van der Waals surface area contributed by atoms with Crippen LogP contribution in [-0.4, -0.2) is 50.8 Å². The van der Waals surface area contributed by atoms with Gasteiger partial charge in [-0.1, -0.05) is 23.7 Å². The maximum atomic E-state index is 13.1. The zero-order chi connectivity index (χ0) is 23.2. The van der Waals surface area contributed by atoms with Gasteiger partial charge in [-0.2, -0.15) is 5.10 Å². The lowest BCUT2D eigenvalue weighted by molar-refractivity contribution is -0.133. The minimum atomic E-state index is -0.795. The van der Waals surface area contributed by atoms with E-state index in [4.69, 9.17) is 21.7 Å². The summed E-state index contributed by atoms with van der Waals surface area (Å²) in [5.41, 5.74) is 2.24. The second kappa shape index (κ2) is 8.31. The average molecular weight is 468 g/mol. The van der Waals surface area contributed by atoms with Crippen molar-refractivity contribution in [2.75, 3.05) is 18.5 Å². The first-order chi connectivity index (χ1) is 15.9. The van der Waals surface area contributed by atoms with Crippen molar-refractivity contribution in [3.63, 3.8) is 0 Å². The minimum absolute atomic E-state index is 0.00540. The molecule has 2 saturated heterocycles. The van der Waals surface area contributed by atoms with Crippen LogP contribution < -0.4 is 10.6 Å². The molecule has 1 atom stereocenters. The van der Waals surface area contributed by atoms with Gasteiger partial charge in [-0.25, -0.2) is 4.98 Å². The number of ether oxygens (including phenoxy) is 1. The van der Waals surface area contributed by atoms with Gasteiger partial charge in [0.05, 0.1) is 40.8 Å². The number of anilines is 2. The normalized spacial score (nSPS) is 22.0. The maximum Gasteiger partial charge on any atom is 0.232 e. The summed E-state index contributed by atoms with van der Waals surface area (Å²) in [6.45, 7) is 3.13. The van der Waals surface area contributed by atoms with Gasteiger partial charge < -0.3 is 15.4 Å². The third kappa shape index (κ3) is 3.91. The zero-order valence-corrected chi connectivity index (χ0v) is 19.3. The van der Waals surface area contributed by atoms with Crippen LogP contribution >= 0.6 is 11.6 Å². The summed E-state index contributed by atoms with van der Waals surface area (Å²) in [4.78, 5) is 19.2. The van der Waals surface area contributed by atoms with E-state index in [2.05, 4.69) is 20.7 Å². The lowest BCUT2D eigenvalue weighted by Crippen LogP contribution is -2.62. The molecule has 3 N–H and O–H groups in total. The van der Waals surface area contributed by atoms with E-state index >= 15 is 0 Å². The Hall–Kier alpha value is -3.17. The highest BCUT2D eigenvalue weighted by molar-refractivity contribution is 6.34. The van der Waals surface area contributed by atoms with Crippen molar-refractivity contribution in [3.8, 4) is 0 Å². The molecule has 9 nitrogen and oxygen atoms in total. The van der Waals surface area contributed by atoms with E-state index in [1.165, 1.54) is 0 Å². The van der Waals surface area contributed by atoms with Crippen LogP contribution in [0.2, 0.25) is 5.02 Å². The number of pyridine rings is 1. The average Bonchev–Trinajstić information content (AvgIpc) is 3.15. The summed E-state index contributed by atoms with van der Waals surface area (Å²) in [6.07, 6.45) is 5.18. The van der Waals surface area contributed by atoms with Crippen LogP contribution in [0.3, 0.4) is 0 Å². The summed E-state index contributed by atoms with van der Waals surface area (Å²) in [6, 6.07) is 7.63. The van der Waals surface area contributed by atoms with Gasteiger partial charge in [0.2, 0.25) is 5.91 Å². The van der Waals surface area contributed by atoms with Gasteiger partial charge in [0.25, 0.3) is 0 Å². The zero-order valence-electron chi connectivity index (χ0n) is 18.6. The van der Waals surface area contributed by atoms with Crippen LogP contribution in [0.4, 0.5) is 11.4 Å². The van der Waals surface area contributed by atoms with Gasteiger partial charge in [-0.05, 0) is 37.5 Å². The summed E-state index contributed by atoms with van der Waals surface area (Å²) in [7, 11) is 1.85. The molecule has 10 heteroatoms. The molecule has 0 unspecified atom stereocenters. The predicted molar refractivity (Wildman–Crippen MR) is 127 cm³/mol. The number of halogens is 1. The first kappa shape index (κ1) is 21.7. The van der Waals surface area contributed by atoms with Crippen molar-refractivity contribution in [3.05, 3.63) is 47.2 Å². The number of guanidine groups is 1. The molecule has 1 aromatic carbocycles. The smallest absolute Gasteiger partial charge is 0.232 e. The van der Waals surface area contributed by atoms with Crippen LogP contribution in [0.15, 0.2) is 36.7 Å². The third-order valence-electron chi connectivity index (χ3n) is 6.41. The molecule has 2 aliphatic heterocycles. The number of hydrogen-bond acceptors (Lipinski definition) is 6. The lowest BCUT2D eigenvalue weighted by atomic mass is 9.85. The summed E-state index contributed by atoms with van der Waals surface area (Å²) >= 11 is 6.83. The minimum Gasteiger partial charge on any atom is -0.381 e. The number of carbonyl (C=O) groups is 1. The largest absolute Gasteiger partial charge is 0.381 e. The van der Waals surface area contributed by atoms with Gasteiger partial charge in [-0.15, -0.1) is 0 Å². The molecule has 0 saturated carbocycles. The summed E-state index contributed by atoms with van der Waals surface area (Å²) < 4.78 is 7.13. The fourth-order valence-electron chi connectivity index (χ4n) is 4.69. The number of nitrogens with zero attached hydrogens (tertiary/aromatic N) is 4. The molecule has 0 spiro atoms. The second-order valence-electron chi connectivity index (χ2n) is 8.79. The molecule has 2 aromatic heterocycles. The Morgan fingerprint density at radius 2 is 2.09 bits per heavy atom. The topological polar surface area (TPSA) is 108 Å². The van der Waals surface area contributed by atoms with E-state index in [9.17, 15) is 4.79 Å². The fourth-order valence-corrected chi connectivity index (χ4v) is 5.07. The van der Waals surface area contributed by atoms with Crippen LogP contribution in [0.1, 0.15) is 31.7 Å². The van der Waals surface area contributed by atoms with E-state index in [0.717, 1.165) is 35.1 Å². The number of amides is 1. The van der Waals surface area contributed by atoms with Crippen molar-refractivity contribution >= 4 is 45.9 Å². The van der Waals surface area contributed by atoms with Gasteiger partial charge in [-0.3, -0.25) is 19.8 Å². The molecular weight excluding hydrogens is 442 g/mol. The van der Waals surface area contributed by atoms with E-state index in [0.29, 0.717) is 23.9 Å². The first-order valence-electron chi connectivity index (χ1n) is 11.0. The van der Waals surface area contributed by atoms with E-state index in [-0.39, 0.29) is 24.3 Å². The van der Waals surface area contributed by atoms with Gasteiger partial charge in [0.15, 0.2) is 11.6 Å². The lowest BCUT2D eigenvalue weighted by Gasteiger charge is -2.45. The van der Waals surface area contributed by atoms with Crippen LogP contribution in [-0.2, 0) is 22.1 Å². The monoisotopic (exact) mass is 467 g/mol. The quantitative estimate of drug-likeness (QED) is 0.541. The molecule has 4 heterocycles. The number of fused-ring (bicyclic) bond motifs is 1. The molecular formula is C23H26ClN7O2. The van der Waals surface area contributed by atoms with E-state index in [1.54, 1.807) is 22.0 Å². The van der Waals surface area contributed by atoms with Gasteiger partial charge >= 0.3 is 0 Å². The van der Waals surface area contributed by atoms with Crippen LogP contribution in [0.5, 0.6) is 0 Å². The molecule has 0 radical (unpaired) electrons. The van der Waals surface area contributed by atoms with Crippen molar-refractivity contribution in [2.45, 2.75) is 37.8 Å². The Morgan fingerprint density at radius 3 is 2.85 bits per heavy atom. The molecule has 2 fully saturated rings. The Balaban J connectivity index is 1.40. The van der Waals surface area contributed by atoms with Crippen LogP contribution in [0.25, 0.3) is 11.0 Å². The van der Waals surface area contributed by atoms with E-state index in [1.807, 2.05) is 38.2 Å². The first-order valence-corrected chi connectivity index (χ1v) is 11.3. The molecule has 2 aliphatic rings. The maximum absolute atomic E-state index is 13.1. The fraction of sp³-hybridized carbons (Fsp3) is 0.391. The third-order valence-corrected chi connectivity index (χ3v) is 6.82. The SMILES string of the molecule is Cn1ncc2cc(Nc3cccc([C@]4(C)CC(=O)N(C5CCOCC5)C(=N)N4)c3Cl)cnc21. The molecule has 0 aliphatic carbocycles. The standard InChI is InChI=1S/C23H26ClN7O2/c1-23(11-19(32)31(22(25)29-23)16-6-8-33-9-7-16)17-4-3-5-18(20(17)24)28-15-10-14-12-27-30(2)21(14)26-13-15/h3-5,10,12-13,16,28H,6-9,11H2,1-2H3,(H2,25,29)/t23-/m0/s1. The number of aromatic nitrogens is 3. The number of nitrogens with one attached hydrogen (secondary N) is 3. The molecule has 172 valence electrons. The van der Waals surface area contributed by atoms with Crippen molar-refractivity contribution in [2.24, 2.45) is 7.05 Å². The number of hydrogen-bond donors (Lipinski definition) is 3. The van der Waals surface area contributed by atoms with Crippen molar-refractivity contribution < 1.29 is 9.53 Å². The van der Waals surface area contributed by atoms with Gasteiger partial charge in [0.1, 0.15) is 0 Å². The van der Waals surface area contributed by atoms with Crippen molar-refractivity contribution in [1.29, 1.82) is 5.41 Å². The van der Waals surface area contributed by atoms with Crippen LogP contribution in [0, 0.1) is 5.41 Å². The Bertz CT molecular complexity index is 1220. The highest BCUT2D eigenvalue weighted by Gasteiger charge is 2.43. The number of aryl methyl sites for hydroxylation is 1. The highest BCUT2D eigenvalue weighted by Crippen LogP contribution is 2.39. The summed E-state index contributed by atoms with van der Waals surface area (Å²) in [5.74, 6) is 0.0371. The van der Waals surface area contributed by atoms with E-state index < -0.39 is 5.54 Å². The highest BCUT2D eigenvalue weighted by atomic mass is 35.5. The predicted octanol–water partition coefficient (Wildman–Crippen LogP) is 3.52. The Kier molecular flexibility index (Phi) is 5.46. The summed E-state index contributed by atoms with van der Waals surface area (Å²) in [5, 5.41) is 20.8. The molecule has 5 rings (SSSR count). The number of rotatable bonds is 4. The molecule has 1 amide bonds. The second-order valence-corrected chi connectivity index (χ2v) is 9.16. The van der Waals surface area contributed by atoms with Crippen molar-refractivity contribution in [1.82, 2.24) is 25.0 Å². The Morgan fingerprint density at radius 1 is 1.30 bits per heavy atom. The number of benzene rings is 1. The Labute approximate surface area is 196 Å². The number of carbonyl (C=O) groups excluding carboxylic acids is 1. The molecule has 0 bridgehead atoms. The molecule has 3 aromatic rings.